The van der Waals surface area contributed by atoms with Gasteiger partial charge in [-0.05, 0) is 31.2 Å². The van der Waals surface area contributed by atoms with E-state index in [4.69, 9.17) is 0 Å². The molecule has 144 valence electrons. The zero-order chi connectivity index (χ0) is 19.9. The summed E-state index contributed by atoms with van der Waals surface area (Å²) >= 11 is 1.27. The third kappa shape index (κ3) is 4.95. The minimum absolute atomic E-state index is 0.159. The molecule has 1 aromatic carbocycles. The molecule has 0 bridgehead atoms. The van der Waals surface area contributed by atoms with Crippen LogP contribution in [0.2, 0.25) is 0 Å². The fourth-order valence-corrected chi connectivity index (χ4v) is 3.24. The molecule has 1 atom stereocenters. The standard InChI is InChI=1S/C19H20N6O2S/c1-13(21-18(27)14-7-4-3-5-8-14)17-23-24-19(25(17)2)28-12-16(26)22-15-9-6-10-20-11-15/h3-11,13H,12H2,1-2H3,(H,21,27)(H,22,26)/t13-/m0/s1. The van der Waals surface area contributed by atoms with E-state index < -0.39 is 0 Å². The molecular weight excluding hydrogens is 376 g/mol. The molecule has 2 amide bonds. The van der Waals surface area contributed by atoms with E-state index >= 15 is 0 Å². The monoisotopic (exact) mass is 396 g/mol. The minimum Gasteiger partial charge on any atom is -0.342 e. The van der Waals surface area contributed by atoms with Gasteiger partial charge in [0.1, 0.15) is 0 Å². The number of nitrogens with zero attached hydrogens (tertiary/aromatic N) is 4. The fourth-order valence-electron chi connectivity index (χ4n) is 2.53. The van der Waals surface area contributed by atoms with E-state index in [1.165, 1.54) is 11.8 Å². The normalized spacial score (nSPS) is 11.6. The smallest absolute Gasteiger partial charge is 0.251 e. The summed E-state index contributed by atoms with van der Waals surface area (Å²) in [5, 5.41) is 14.6. The first-order valence-electron chi connectivity index (χ1n) is 8.62. The van der Waals surface area contributed by atoms with Gasteiger partial charge in [-0.3, -0.25) is 14.6 Å². The van der Waals surface area contributed by atoms with Crippen molar-refractivity contribution in [3.05, 3.63) is 66.2 Å². The average molecular weight is 396 g/mol. The van der Waals surface area contributed by atoms with Crippen molar-refractivity contribution in [1.82, 2.24) is 25.1 Å². The molecule has 2 N–H and O–H groups in total. The molecule has 0 aliphatic rings. The Labute approximate surface area is 166 Å². The lowest BCUT2D eigenvalue weighted by molar-refractivity contribution is -0.113. The Morgan fingerprint density at radius 1 is 1.14 bits per heavy atom. The highest BCUT2D eigenvalue weighted by atomic mass is 32.2. The number of rotatable bonds is 7. The maximum atomic E-state index is 12.3. The summed E-state index contributed by atoms with van der Waals surface area (Å²) in [6.07, 6.45) is 3.23. The predicted octanol–water partition coefficient (Wildman–Crippen LogP) is 2.43. The largest absolute Gasteiger partial charge is 0.342 e. The Bertz CT molecular complexity index is 946. The van der Waals surface area contributed by atoms with Crippen molar-refractivity contribution in [2.45, 2.75) is 18.1 Å². The van der Waals surface area contributed by atoms with Crippen LogP contribution in [0.4, 0.5) is 5.69 Å². The maximum Gasteiger partial charge on any atom is 0.251 e. The number of nitrogens with one attached hydrogen (secondary N) is 2. The highest BCUT2D eigenvalue weighted by Crippen LogP contribution is 2.19. The maximum absolute atomic E-state index is 12.3. The van der Waals surface area contributed by atoms with Crippen LogP contribution in [0.1, 0.15) is 29.1 Å². The quantitative estimate of drug-likeness (QED) is 0.595. The van der Waals surface area contributed by atoms with Crippen molar-refractivity contribution in [3.8, 4) is 0 Å². The van der Waals surface area contributed by atoms with Crippen LogP contribution in [-0.2, 0) is 11.8 Å². The lowest BCUT2D eigenvalue weighted by Gasteiger charge is -2.13. The second-order valence-corrected chi connectivity index (χ2v) is 6.98. The first-order chi connectivity index (χ1) is 13.5. The highest BCUT2D eigenvalue weighted by Gasteiger charge is 2.19. The molecule has 3 aromatic rings. The predicted molar refractivity (Wildman–Crippen MR) is 107 cm³/mol. The van der Waals surface area contributed by atoms with Crippen LogP contribution in [-0.4, -0.2) is 37.3 Å². The first-order valence-corrected chi connectivity index (χ1v) is 9.61. The molecule has 9 heteroatoms. The van der Waals surface area contributed by atoms with Crippen molar-refractivity contribution in [2.24, 2.45) is 7.05 Å². The summed E-state index contributed by atoms with van der Waals surface area (Å²) in [6, 6.07) is 12.2. The molecular formula is C19H20N6O2S. The molecule has 2 heterocycles. The van der Waals surface area contributed by atoms with E-state index in [1.807, 2.05) is 32.2 Å². The zero-order valence-electron chi connectivity index (χ0n) is 15.5. The number of carbonyl (C=O) groups is 2. The van der Waals surface area contributed by atoms with Gasteiger partial charge >= 0.3 is 0 Å². The van der Waals surface area contributed by atoms with Gasteiger partial charge in [-0.25, -0.2) is 0 Å². The number of thioether (sulfide) groups is 1. The molecule has 0 saturated heterocycles. The summed E-state index contributed by atoms with van der Waals surface area (Å²) < 4.78 is 1.78. The molecule has 0 unspecified atom stereocenters. The molecule has 0 fully saturated rings. The molecule has 0 saturated carbocycles. The molecule has 3 rings (SSSR count). The lowest BCUT2D eigenvalue weighted by atomic mass is 10.2. The first kappa shape index (κ1) is 19.6. The summed E-state index contributed by atoms with van der Waals surface area (Å²) in [5.74, 6) is 0.458. The molecule has 0 radical (unpaired) electrons. The topological polar surface area (TPSA) is 102 Å². The Balaban J connectivity index is 1.57. The third-order valence-corrected chi connectivity index (χ3v) is 4.94. The van der Waals surface area contributed by atoms with Crippen LogP contribution in [0.5, 0.6) is 0 Å². The summed E-state index contributed by atoms with van der Waals surface area (Å²) in [5.41, 5.74) is 1.22. The van der Waals surface area contributed by atoms with Gasteiger partial charge in [-0.1, -0.05) is 30.0 Å². The van der Waals surface area contributed by atoms with E-state index in [2.05, 4.69) is 25.8 Å². The van der Waals surface area contributed by atoms with Gasteiger partial charge in [0, 0.05) is 18.8 Å². The zero-order valence-corrected chi connectivity index (χ0v) is 16.3. The SMILES string of the molecule is C[C@H](NC(=O)c1ccccc1)c1nnc(SCC(=O)Nc2cccnc2)n1C. The second kappa shape index (κ2) is 9.14. The fraction of sp³-hybridized carbons (Fsp3) is 0.211. The Hall–Kier alpha value is -3.20. The van der Waals surface area contributed by atoms with Gasteiger partial charge in [0.25, 0.3) is 5.91 Å². The lowest BCUT2D eigenvalue weighted by Crippen LogP contribution is -2.28. The number of anilines is 1. The summed E-state index contributed by atoms with van der Waals surface area (Å²) in [6.45, 7) is 1.84. The third-order valence-electron chi connectivity index (χ3n) is 3.92. The van der Waals surface area contributed by atoms with E-state index in [0.717, 1.165) is 0 Å². The minimum atomic E-state index is -0.330. The van der Waals surface area contributed by atoms with E-state index in [1.54, 1.807) is 41.2 Å². The molecule has 0 aliphatic heterocycles. The number of amides is 2. The van der Waals surface area contributed by atoms with Crippen LogP contribution in [0, 0.1) is 0 Å². The number of hydrogen-bond acceptors (Lipinski definition) is 6. The van der Waals surface area contributed by atoms with Gasteiger partial charge < -0.3 is 15.2 Å². The van der Waals surface area contributed by atoms with Crippen molar-refractivity contribution < 1.29 is 9.59 Å². The van der Waals surface area contributed by atoms with Crippen LogP contribution in [0.3, 0.4) is 0 Å². The van der Waals surface area contributed by atoms with E-state index in [9.17, 15) is 9.59 Å². The molecule has 2 aromatic heterocycles. The molecule has 0 aliphatic carbocycles. The van der Waals surface area contributed by atoms with E-state index in [0.29, 0.717) is 22.2 Å². The van der Waals surface area contributed by atoms with Crippen molar-refractivity contribution >= 4 is 29.3 Å². The van der Waals surface area contributed by atoms with Crippen molar-refractivity contribution in [3.63, 3.8) is 0 Å². The Morgan fingerprint density at radius 2 is 1.93 bits per heavy atom. The average Bonchev–Trinajstić information content (AvgIpc) is 3.08. The number of hydrogen-bond donors (Lipinski definition) is 2. The van der Waals surface area contributed by atoms with Gasteiger partial charge in [-0.15, -0.1) is 10.2 Å². The van der Waals surface area contributed by atoms with Gasteiger partial charge in [0.05, 0.1) is 23.7 Å². The van der Waals surface area contributed by atoms with Crippen molar-refractivity contribution in [2.75, 3.05) is 11.1 Å². The number of aromatic nitrogens is 4. The van der Waals surface area contributed by atoms with E-state index in [-0.39, 0.29) is 23.6 Å². The highest BCUT2D eigenvalue weighted by molar-refractivity contribution is 7.99. The molecule has 8 nitrogen and oxygen atoms in total. The summed E-state index contributed by atoms with van der Waals surface area (Å²) in [4.78, 5) is 28.3. The molecule has 28 heavy (non-hydrogen) atoms. The Morgan fingerprint density at radius 3 is 2.64 bits per heavy atom. The second-order valence-electron chi connectivity index (χ2n) is 6.04. The van der Waals surface area contributed by atoms with Crippen LogP contribution >= 0.6 is 11.8 Å². The molecule has 0 spiro atoms. The number of carbonyl (C=O) groups excluding carboxylic acids is 2. The van der Waals surface area contributed by atoms with Crippen molar-refractivity contribution in [1.29, 1.82) is 0 Å². The Kier molecular flexibility index (Phi) is 6.38. The number of benzene rings is 1. The van der Waals surface area contributed by atoms with Gasteiger partial charge in [0.15, 0.2) is 11.0 Å². The summed E-state index contributed by atoms with van der Waals surface area (Å²) in [7, 11) is 1.81. The number of pyridine rings is 1. The van der Waals surface area contributed by atoms with Gasteiger partial charge in [-0.2, -0.15) is 0 Å². The van der Waals surface area contributed by atoms with Crippen LogP contribution in [0.15, 0.2) is 60.0 Å². The van der Waals surface area contributed by atoms with Gasteiger partial charge in [0.2, 0.25) is 5.91 Å². The van der Waals surface area contributed by atoms with Crippen LogP contribution in [0.25, 0.3) is 0 Å². The van der Waals surface area contributed by atoms with Crippen LogP contribution < -0.4 is 10.6 Å².